The first kappa shape index (κ1) is 14.4. The number of nitrogens with zero attached hydrogens (tertiary/aromatic N) is 2. The monoisotopic (exact) mass is 296 g/mol. The number of sulfonamides is 1. The number of nitrogen functional groups attached to an aromatic ring is 1. The number of imidazole rings is 1. The topological polar surface area (TPSA) is 101 Å². The van der Waals surface area contributed by atoms with Gasteiger partial charge in [0.15, 0.2) is 0 Å². The highest BCUT2D eigenvalue weighted by Gasteiger charge is 2.22. The van der Waals surface area contributed by atoms with Crippen LogP contribution in [0.4, 0.5) is 5.69 Å². The van der Waals surface area contributed by atoms with Crippen LogP contribution in [0.5, 0.6) is 5.75 Å². The third-order valence-electron chi connectivity index (χ3n) is 2.84. The van der Waals surface area contributed by atoms with Crippen LogP contribution in [0, 0.1) is 0 Å². The minimum atomic E-state index is -3.63. The van der Waals surface area contributed by atoms with Crippen molar-refractivity contribution in [3.63, 3.8) is 0 Å². The maximum Gasteiger partial charge on any atom is 0.243 e. The van der Waals surface area contributed by atoms with Crippen molar-refractivity contribution in [2.45, 2.75) is 11.4 Å². The number of benzene rings is 1. The number of H-pyrrole nitrogens is 1. The van der Waals surface area contributed by atoms with Gasteiger partial charge in [-0.3, -0.25) is 0 Å². The molecule has 0 unspecified atom stereocenters. The van der Waals surface area contributed by atoms with Crippen molar-refractivity contribution in [1.82, 2.24) is 14.3 Å². The molecule has 0 radical (unpaired) electrons. The predicted octanol–water partition coefficient (Wildman–Crippen LogP) is 0.821. The normalized spacial score (nSPS) is 11.8. The van der Waals surface area contributed by atoms with Crippen molar-refractivity contribution >= 4 is 15.7 Å². The lowest BCUT2D eigenvalue weighted by atomic mass is 10.3. The second-order valence-electron chi connectivity index (χ2n) is 4.20. The number of nitrogens with one attached hydrogen (secondary N) is 1. The third-order valence-corrected chi connectivity index (χ3v) is 4.64. The van der Waals surface area contributed by atoms with Crippen LogP contribution >= 0.6 is 0 Å². The van der Waals surface area contributed by atoms with E-state index in [9.17, 15) is 8.42 Å². The predicted molar refractivity (Wildman–Crippen MR) is 74.6 cm³/mol. The summed E-state index contributed by atoms with van der Waals surface area (Å²) >= 11 is 0. The van der Waals surface area contributed by atoms with E-state index in [1.54, 1.807) is 12.4 Å². The van der Waals surface area contributed by atoms with E-state index in [2.05, 4.69) is 9.97 Å². The van der Waals surface area contributed by atoms with E-state index < -0.39 is 10.0 Å². The second kappa shape index (κ2) is 5.51. The first-order valence-electron chi connectivity index (χ1n) is 5.83. The van der Waals surface area contributed by atoms with E-state index in [-0.39, 0.29) is 11.4 Å². The molecule has 0 aliphatic heterocycles. The van der Waals surface area contributed by atoms with E-state index in [1.165, 1.54) is 36.7 Å². The van der Waals surface area contributed by atoms with E-state index in [1.807, 2.05) is 0 Å². The number of aromatic amines is 1. The Kier molecular flexibility index (Phi) is 3.96. The smallest absolute Gasteiger partial charge is 0.243 e. The molecule has 0 aliphatic carbocycles. The maximum atomic E-state index is 12.4. The van der Waals surface area contributed by atoms with Gasteiger partial charge in [-0.25, -0.2) is 13.4 Å². The zero-order valence-corrected chi connectivity index (χ0v) is 12.0. The minimum Gasteiger partial charge on any atom is -0.495 e. The second-order valence-corrected chi connectivity index (χ2v) is 6.25. The van der Waals surface area contributed by atoms with Crippen LogP contribution in [0.1, 0.15) is 5.82 Å². The molecule has 108 valence electrons. The largest absolute Gasteiger partial charge is 0.495 e. The van der Waals surface area contributed by atoms with Crippen LogP contribution in [0.15, 0.2) is 35.5 Å². The van der Waals surface area contributed by atoms with E-state index in [4.69, 9.17) is 10.5 Å². The molecule has 3 N–H and O–H groups in total. The number of anilines is 1. The number of rotatable bonds is 5. The van der Waals surface area contributed by atoms with Gasteiger partial charge in [0.05, 0.1) is 24.2 Å². The standard InChI is InChI=1S/C12H16N4O3S/c1-16(8-12-14-5-6-15-12)20(17,18)9-3-4-10(13)11(7-9)19-2/h3-7H,8,13H2,1-2H3,(H,14,15). The highest BCUT2D eigenvalue weighted by atomic mass is 32.2. The molecule has 2 aromatic rings. The summed E-state index contributed by atoms with van der Waals surface area (Å²) in [5.41, 5.74) is 6.07. The zero-order chi connectivity index (χ0) is 14.8. The van der Waals surface area contributed by atoms with Crippen molar-refractivity contribution in [1.29, 1.82) is 0 Å². The third kappa shape index (κ3) is 2.75. The Balaban J connectivity index is 2.29. The van der Waals surface area contributed by atoms with Crippen molar-refractivity contribution < 1.29 is 13.2 Å². The lowest BCUT2D eigenvalue weighted by Crippen LogP contribution is -2.27. The minimum absolute atomic E-state index is 0.123. The number of hydrogen-bond donors (Lipinski definition) is 2. The van der Waals surface area contributed by atoms with Crippen LogP contribution in [0.3, 0.4) is 0 Å². The number of ether oxygens (including phenoxy) is 1. The molecule has 20 heavy (non-hydrogen) atoms. The number of nitrogens with two attached hydrogens (primary N) is 1. The summed E-state index contributed by atoms with van der Waals surface area (Å²) in [7, 11) is -0.701. The first-order chi connectivity index (χ1) is 9.45. The molecule has 1 aromatic heterocycles. The quantitative estimate of drug-likeness (QED) is 0.795. The first-order valence-corrected chi connectivity index (χ1v) is 7.27. The number of aromatic nitrogens is 2. The van der Waals surface area contributed by atoms with Gasteiger partial charge in [0.25, 0.3) is 0 Å². The molecule has 7 nitrogen and oxygen atoms in total. The van der Waals surface area contributed by atoms with Crippen molar-refractivity contribution in [2.24, 2.45) is 0 Å². The van der Waals surface area contributed by atoms with Gasteiger partial charge < -0.3 is 15.5 Å². The molecule has 0 saturated heterocycles. The van der Waals surface area contributed by atoms with E-state index in [0.717, 1.165) is 0 Å². The molecule has 0 bridgehead atoms. The summed E-state index contributed by atoms with van der Waals surface area (Å²) in [4.78, 5) is 6.99. The molecule has 0 amide bonds. The molecule has 0 fully saturated rings. The molecule has 0 aliphatic rings. The molecule has 8 heteroatoms. The Morgan fingerprint density at radius 2 is 2.20 bits per heavy atom. The Hall–Kier alpha value is -2.06. The SMILES string of the molecule is COc1cc(S(=O)(=O)N(C)Cc2ncc[nH]2)ccc1N. The Morgan fingerprint density at radius 1 is 1.45 bits per heavy atom. The van der Waals surface area contributed by atoms with Gasteiger partial charge in [-0.05, 0) is 12.1 Å². The molecule has 2 rings (SSSR count). The van der Waals surface area contributed by atoms with Crippen LogP contribution in [0.25, 0.3) is 0 Å². The fourth-order valence-corrected chi connectivity index (χ4v) is 2.86. The van der Waals surface area contributed by atoms with Gasteiger partial charge in [-0.1, -0.05) is 0 Å². The molecule has 0 saturated carbocycles. The van der Waals surface area contributed by atoms with Gasteiger partial charge in [0.1, 0.15) is 11.6 Å². The van der Waals surface area contributed by atoms with Gasteiger partial charge in [-0.2, -0.15) is 4.31 Å². The summed E-state index contributed by atoms with van der Waals surface area (Å²) in [5.74, 6) is 0.899. The summed E-state index contributed by atoms with van der Waals surface area (Å²) in [6.45, 7) is 0.155. The van der Waals surface area contributed by atoms with Gasteiger partial charge in [0.2, 0.25) is 10.0 Å². The van der Waals surface area contributed by atoms with Crippen molar-refractivity contribution in [2.75, 3.05) is 19.9 Å². The van der Waals surface area contributed by atoms with Crippen LogP contribution in [-0.2, 0) is 16.6 Å². The van der Waals surface area contributed by atoms with E-state index >= 15 is 0 Å². The zero-order valence-electron chi connectivity index (χ0n) is 11.2. The highest BCUT2D eigenvalue weighted by Crippen LogP contribution is 2.26. The van der Waals surface area contributed by atoms with Crippen LogP contribution < -0.4 is 10.5 Å². The van der Waals surface area contributed by atoms with Gasteiger partial charge in [-0.15, -0.1) is 0 Å². The number of methoxy groups -OCH3 is 1. The average Bonchev–Trinajstić information content (AvgIpc) is 2.91. The molecule has 1 aromatic carbocycles. The molecular formula is C12H16N4O3S. The lowest BCUT2D eigenvalue weighted by Gasteiger charge is -2.16. The fraction of sp³-hybridized carbons (Fsp3) is 0.250. The summed E-state index contributed by atoms with van der Waals surface area (Å²) in [6, 6.07) is 4.36. The van der Waals surface area contributed by atoms with E-state index in [0.29, 0.717) is 17.3 Å². The molecule has 0 atom stereocenters. The fourth-order valence-electron chi connectivity index (χ4n) is 1.71. The highest BCUT2D eigenvalue weighted by molar-refractivity contribution is 7.89. The average molecular weight is 296 g/mol. The lowest BCUT2D eigenvalue weighted by molar-refractivity contribution is 0.414. The molecule has 1 heterocycles. The maximum absolute atomic E-state index is 12.4. The van der Waals surface area contributed by atoms with Crippen molar-refractivity contribution in [3.8, 4) is 5.75 Å². The Morgan fingerprint density at radius 3 is 2.80 bits per heavy atom. The van der Waals surface area contributed by atoms with Gasteiger partial charge in [0, 0.05) is 25.5 Å². The Labute approximate surface area is 117 Å². The van der Waals surface area contributed by atoms with Crippen molar-refractivity contribution in [3.05, 3.63) is 36.4 Å². The summed E-state index contributed by atoms with van der Waals surface area (Å²) in [5, 5.41) is 0. The molecule has 0 spiro atoms. The van der Waals surface area contributed by atoms with Crippen LogP contribution in [0.2, 0.25) is 0 Å². The molecular weight excluding hydrogens is 280 g/mol. The number of hydrogen-bond acceptors (Lipinski definition) is 5. The summed E-state index contributed by atoms with van der Waals surface area (Å²) < 4.78 is 31.1. The Bertz CT molecular complexity index is 683. The van der Waals surface area contributed by atoms with Gasteiger partial charge >= 0.3 is 0 Å². The summed E-state index contributed by atoms with van der Waals surface area (Å²) in [6.07, 6.45) is 3.21. The van der Waals surface area contributed by atoms with Crippen LogP contribution in [-0.4, -0.2) is 36.8 Å².